The zero-order valence-corrected chi connectivity index (χ0v) is 10.0. The zero-order valence-electron chi connectivity index (χ0n) is 9.22. The van der Waals surface area contributed by atoms with Gasteiger partial charge in [-0.05, 0) is 18.2 Å². The Bertz CT molecular complexity index is 551. The second-order valence-corrected chi connectivity index (χ2v) is 5.43. The molecule has 17 heavy (non-hydrogen) atoms. The fraction of sp³-hybridized carbons (Fsp3) is 0.300. The van der Waals surface area contributed by atoms with E-state index in [0.29, 0.717) is 0 Å². The molecule has 1 aromatic rings. The maximum Gasteiger partial charge on any atom is 0.245 e. The van der Waals surface area contributed by atoms with Crippen LogP contribution in [0.25, 0.3) is 0 Å². The van der Waals surface area contributed by atoms with Gasteiger partial charge >= 0.3 is 0 Å². The van der Waals surface area contributed by atoms with Gasteiger partial charge in [-0.2, -0.15) is 9.57 Å². The van der Waals surface area contributed by atoms with Gasteiger partial charge < -0.3 is 5.73 Å². The van der Waals surface area contributed by atoms with Crippen molar-refractivity contribution >= 4 is 15.7 Å². The molecule has 0 aliphatic rings. The predicted octanol–water partition coefficient (Wildman–Crippen LogP) is 0.942. The summed E-state index contributed by atoms with van der Waals surface area (Å²) in [6, 6.07) is 4.99. The summed E-state index contributed by atoms with van der Waals surface area (Å²) >= 11 is 0. The molecule has 0 saturated carbocycles. The summed E-state index contributed by atoms with van der Waals surface area (Å²) in [5, 5.41) is 8.39. The number of halogens is 1. The van der Waals surface area contributed by atoms with Crippen LogP contribution in [0.1, 0.15) is 6.42 Å². The molecule has 0 aromatic heterocycles. The van der Waals surface area contributed by atoms with E-state index in [9.17, 15) is 12.8 Å². The van der Waals surface area contributed by atoms with Crippen molar-refractivity contribution < 1.29 is 12.8 Å². The lowest BCUT2D eigenvalue weighted by Crippen LogP contribution is -2.28. The Hall–Kier alpha value is -1.65. The van der Waals surface area contributed by atoms with Crippen LogP contribution in [0.2, 0.25) is 0 Å². The number of nitrogens with zero attached hydrogens (tertiary/aromatic N) is 2. The summed E-state index contributed by atoms with van der Waals surface area (Å²) in [5.41, 5.74) is 5.49. The first kappa shape index (κ1) is 13.4. The van der Waals surface area contributed by atoms with Crippen LogP contribution in [0.3, 0.4) is 0 Å². The van der Waals surface area contributed by atoms with E-state index in [0.717, 1.165) is 16.4 Å². The van der Waals surface area contributed by atoms with Crippen molar-refractivity contribution in [2.45, 2.75) is 11.3 Å². The maximum atomic E-state index is 13.0. The number of sulfonamides is 1. The van der Waals surface area contributed by atoms with E-state index in [1.165, 1.54) is 13.1 Å². The molecule has 0 atom stereocenters. The zero-order chi connectivity index (χ0) is 13.1. The van der Waals surface area contributed by atoms with Crippen LogP contribution in [0.15, 0.2) is 23.1 Å². The van der Waals surface area contributed by atoms with E-state index in [1.54, 1.807) is 0 Å². The van der Waals surface area contributed by atoms with E-state index >= 15 is 0 Å². The van der Waals surface area contributed by atoms with Gasteiger partial charge in [-0.1, -0.05) is 0 Å². The lowest BCUT2D eigenvalue weighted by Gasteiger charge is -2.16. The van der Waals surface area contributed by atoms with Gasteiger partial charge in [-0.25, -0.2) is 12.8 Å². The molecule has 0 aliphatic heterocycles. The first-order valence-electron chi connectivity index (χ1n) is 4.78. The van der Waals surface area contributed by atoms with Gasteiger partial charge in [0, 0.05) is 20.0 Å². The Morgan fingerprint density at radius 1 is 1.53 bits per heavy atom. The van der Waals surface area contributed by atoms with Gasteiger partial charge in [-0.3, -0.25) is 0 Å². The molecule has 1 aromatic carbocycles. The lowest BCUT2D eigenvalue weighted by atomic mass is 10.3. The quantitative estimate of drug-likeness (QED) is 0.813. The van der Waals surface area contributed by atoms with Crippen LogP contribution in [-0.4, -0.2) is 26.3 Å². The smallest absolute Gasteiger partial charge is 0.245 e. The van der Waals surface area contributed by atoms with Crippen molar-refractivity contribution in [3.05, 3.63) is 24.0 Å². The van der Waals surface area contributed by atoms with Gasteiger partial charge in [0.1, 0.15) is 10.7 Å². The summed E-state index contributed by atoms with van der Waals surface area (Å²) < 4.78 is 37.9. The Balaban J connectivity index is 3.13. The molecule has 0 bridgehead atoms. The molecule has 0 heterocycles. The Morgan fingerprint density at radius 2 is 2.18 bits per heavy atom. The Labute approximate surface area is 99.3 Å². The van der Waals surface area contributed by atoms with Crippen LogP contribution in [0.4, 0.5) is 10.1 Å². The molecule has 7 heteroatoms. The number of hydrogen-bond donors (Lipinski definition) is 1. The summed E-state index contributed by atoms with van der Waals surface area (Å²) in [4.78, 5) is -0.280. The van der Waals surface area contributed by atoms with Crippen molar-refractivity contribution in [2.75, 3.05) is 19.3 Å². The summed E-state index contributed by atoms with van der Waals surface area (Å²) in [6.45, 7) is 0.0365. The van der Waals surface area contributed by atoms with Gasteiger partial charge in [0.05, 0.1) is 11.8 Å². The molecular formula is C10H12FN3O2S. The molecule has 2 N–H and O–H groups in total. The normalized spacial score (nSPS) is 11.4. The highest BCUT2D eigenvalue weighted by Gasteiger charge is 2.23. The molecule has 0 amide bonds. The number of rotatable bonds is 4. The van der Waals surface area contributed by atoms with E-state index in [2.05, 4.69) is 0 Å². The van der Waals surface area contributed by atoms with Crippen LogP contribution in [0, 0.1) is 17.1 Å². The molecule has 0 radical (unpaired) electrons. The highest BCUT2D eigenvalue weighted by Crippen LogP contribution is 2.22. The number of hydrogen-bond acceptors (Lipinski definition) is 4. The fourth-order valence-electron chi connectivity index (χ4n) is 1.23. The van der Waals surface area contributed by atoms with Crippen molar-refractivity contribution in [1.82, 2.24) is 4.31 Å². The molecule has 5 nitrogen and oxygen atoms in total. The van der Waals surface area contributed by atoms with E-state index in [-0.39, 0.29) is 23.5 Å². The number of benzene rings is 1. The van der Waals surface area contributed by atoms with Crippen LogP contribution in [0.5, 0.6) is 0 Å². The molecular weight excluding hydrogens is 245 g/mol. The third kappa shape index (κ3) is 2.93. The topological polar surface area (TPSA) is 87.2 Å². The van der Waals surface area contributed by atoms with Gasteiger partial charge in [0.15, 0.2) is 0 Å². The standard InChI is InChI=1S/C10H12FN3O2S/c1-14(6-2-5-12)17(15,16)10-7-8(11)3-4-9(10)13/h3-4,7H,2,6,13H2,1H3. The Morgan fingerprint density at radius 3 is 2.76 bits per heavy atom. The van der Waals surface area contributed by atoms with Crippen molar-refractivity contribution in [1.29, 1.82) is 5.26 Å². The van der Waals surface area contributed by atoms with Gasteiger partial charge in [0.2, 0.25) is 10.0 Å². The molecule has 0 aliphatic carbocycles. The molecule has 0 spiro atoms. The average molecular weight is 257 g/mol. The summed E-state index contributed by atoms with van der Waals surface area (Å²) in [6.07, 6.45) is 0.0605. The highest BCUT2D eigenvalue weighted by atomic mass is 32.2. The van der Waals surface area contributed by atoms with Gasteiger partial charge in [0.25, 0.3) is 0 Å². The predicted molar refractivity (Wildman–Crippen MR) is 60.9 cm³/mol. The molecule has 0 saturated heterocycles. The van der Waals surface area contributed by atoms with E-state index in [1.807, 2.05) is 6.07 Å². The lowest BCUT2D eigenvalue weighted by molar-refractivity contribution is 0.476. The van der Waals surface area contributed by atoms with Crippen LogP contribution in [-0.2, 0) is 10.0 Å². The fourth-order valence-corrected chi connectivity index (χ4v) is 2.52. The van der Waals surface area contributed by atoms with Gasteiger partial charge in [-0.15, -0.1) is 0 Å². The van der Waals surface area contributed by atoms with Crippen molar-refractivity contribution in [3.63, 3.8) is 0 Å². The molecule has 1 rings (SSSR count). The van der Waals surface area contributed by atoms with Crippen molar-refractivity contribution in [3.8, 4) is 6.07 Å². The minimum atomic E-state index is -3.85. The van der Waals surface area contributed by atoms with Crippen LogP contribution >= 0.6 is 0 Å². The first-order valence-corrected chi connectivity index (χ1v) is 6.22. The third-order valence-corrected chi connectivity index (χ3v) is 4.11. The first-order chi connectivity index (χ1) is 7.89. The highest BCUT2D eigenvalue weighted by molar-refractivity contribution is 7.89. The minimum absolute atomic E-state index is 0.0183. The molecule has 0 fully saturated rings. The number of nitrogen functional groups attached to an aromatic ring is 1. The monoisotopic (exact) mass is 257 g/mol. The van der Waals surface area contributed by atoms with E-state index < -0.39 is 15.8 Å². The molecule has 92 valence electrons. The SMILES string of the molecule is CN(CCC#N)S(=O)(=O)c1cc(F)ccc1N. The number of nitriles is 1. The largest absolute Gasteiger partial charge is 0.398 e. The molecule has 0 unspecified atom stereocenters. The Kier molecular flexibility index (Phi) is 4.04. The second-order valence-electron chi connectivity index (χ2n) is 3.42. The number of nitrogens with two attached hydrogens (primary N) is 1. The summed E-state index contributed by atoms with van der Waals surface area (Å²) in [7, 11) is -2.53. The maximum absolute atomic E-state index is 13.0. The summed E-state index contributed by atoms with van der Waals surface area (Å²) in [5.74, 6) is -0.675. The van der Waals surface area contributed by atoms with Crippen molar-refractivity contribution in [2.24, 2.45) is 0 Å². The van der Waals surface area contributed by atoms with E-state index in [4.69, 9.17) is 11.0 Å². The second kappa shape index (κ2) is 5.12. The minimum Gasteiger partial charge on any atom is -0.398 e. The van der Waals surface area contributed by atoms with Crippen LogP contribution < -0.4 is 5.73 Å². The average Bonchev–Trinajstić information content (AvgIpc) is 2.28. The number of anilines is 1. The third-order valence-electron chi connectivity index (χ3n) is 2.20.